The van der Waals surface area contributed by atoms with Gasteiger partial charge in [0.05, 0.1) is 5.02 Å². The number of hydrogen-bond acceptors (Lipinski definition) is 4. The van der Waals surface area contributed by atoms with Gasteiger partial charge in [-0.15, -0.1) is 0 Å². The predicted molar refractivity (Wildman–Crippen MR) is 76.6 cm³/mol. The number of halogens is 1. The summed E-state index contributed by atoms with van der Waals surface area (Å²) in [7, 11) is 1.76. The summed E-state index contributed by atoms with van der Waals surface area (Å²) in [5.41, 5.74) is 0.293. The zero-order valence-electron chi connectivity index (χ0n) is 10.2. The van der Waals surface area contributed by atoms with E-state index in [0.29, 0.717) is 16.5 Å². The van der Waals surface area contributed by atoms with Crippen LogP contribution in [0.15, 0.2) is 12.1 Å². The average molecular weight is 286 g/mol. The lowest BCUT2D eigenvalue weighted by atomic mass is 10.1. The summed E-state index contributed by atoms with van der Waals surface area (Å²) in [6, 6.07) is 3.68. The highest BCUT2D eigenvalue weighted by Gasteiger charge is 2.19. The van der Waals surface area contributed by atoms with E-state index in [2.05, 4.69) is 15.6 Å². The molecule has 0 bridgehead atoms. The molecule has 2 heterocycles. The van der Waals surface area contributed by atoms with Crippen LogP contribution in [0.4, 0.5) is 5.82 Å². The first-order valence-electron chi connectivity index (χ1n) is 5.93. The lowest BCUT2D eigenvalue weighted by Gasteiger charge is -2.22. The Hall–Kier alpha value is -0.940. The zero-order chi connectivity index (χ0) is 13.0. The van der Waals surface area contributed by atoms with Crippen molar-refractivity contribution >= 4 is 35.1 Å². The van der Waals surface area contributed by atoms with Crippen molar-refractivity contribution in [2.24, 2.45) is 0 Å². The molecule has 0 saturated carbocycles. The summed E-state index contributed by atoms with van der Waals surface area (Å²) < 4.78 is 0. The van der Waals surface area contributed by atoms with Crippen LogP contribution < -0.4 is 10.6 Å². The highest BCUT2D eigenvalue weighted by atomic mass is 35.5. The number of rotatable bonds is 3. The summed E-state index contributed by atoms with van der Waals surface area (Å²) in [4.78, 5) is 16.3. The maximum Gasteiger partial charge on any atom is 0.271 e. The molecule has 0 radical (unpaired) electrons. The molecule has 2 N–H and O–H groups in total. The minimum absolute atomic E-state index is 0.186. The third-order valence-electron chi connectivity index (χ3n) is 2.87. The van der Waals surface area contributed by atoms with Crippen molar-refractivity contribution in [2.75, 3.05) is 23.9 Å². The van der Waals surface area contributed by atoms with Gasteiger partial charge in [0, 0.05) is 13.1 Å². The molecule has 18 heavy (non-hydrogen) atoms. The molecule has 1 amide bonds. The molecule has 1 aliphatic heterocycles. The SMILES string of the molecule is CNc1ccc(Cl)c(C(=O)NC2CCSCC2)n1. The average Bonchev–Trinajstić information content (AvgIpc) is 2.40. The van der Waals surface area contributed by atoms with E-state index in [4.69, 9.17) is 11.6 Å². The van der Waals surface area contributed by atoms with Crippen LogP contribution in [0.5, 0.6) is 0 Å². The predicted octanol–water partition coefficient (Wildman–Crippen LogP) is 2.40. The molecular formula is C12H16ClN3OS. The smallest absolute Gasteiger partial charge is 0.271 e. The molecule has 1 aromatic rings. The van der Waals surface area contributed by atoms with Gasteiger partial charge in [-0.1, -0.05) is 11.6 Å². The molecule has 1 fully saturated rings. The molecule has 0 unspecified atom stereocenters. The van der Waals surface area contributed by atoms with Crippen LogP contribution in [-0.4, -0.2) is 35.5 Å². The van der Waals surface area contributed by atoms with E-state index in [1.165, 1.54) is 0 Å². The van der Waals surface area contributed by atoms with Gasteiger partial charge in [-0.2, -0.15) is 11.8 Å². The van der Waals surface area contributed by atoms with Crippen LogP contribution in [0.3, 0.4) is 0 Å². The normalized spacial score (nSPS) is 16.3. The number of carbonyl (C=O) groups excluding carboxylic acids is 1. The quantitative estimate of drug-likeness (QED) is 0.895. The zero-order valence-corrected chi connectivity index (χ0v) is 11.8. The lowest BCUT2D eigenvalue weighted by Crippen LogP contribution is -2.37. The van der Waals surface area contributed by atoms with E-state index in [9.17, 15) is 4.79 Å². The third-order valence-corrected chi connectivity index (χ3v) is 4.23. The number of amides is 1. The second-order valence-electron chi connectivity index (χ2n) is 4.14. The number of nitrogens with one attached hydrogen (secondary N) is 2. The summed E-state index contributed by atoms with van der Waals surface area (Å²) in [5.74, 6) is 2.66. The number of thioether (sulfide) groups is 1. The highest BCUT2D eigenvalue weighted by molar-refractivity contribution is 7.99. The van der Waals surface area contributed by atoms with Crippen LogP contribution in [-0.2, 0) is 0 Å². The fourth-order valence-corrected chi connectivity index (χ4v) is 3.13. The van der Waals surface area contributed by atoms with Gasteiger partial charge in [0.2, 0.25) is 0 Å². The van der Waals surface area contributed by atoms with Gasteiger partial charge in [0.25, 0.3) is 5.91 Å². The van der Waals surface area contributed by atoms with Gasteiger partial charge in [-0.3, -0.25) is 4.79 Å². The van der Waals surface area contributed by atoms with E-state index in [0.717, 1.165) is 24.3 Å². The van der Waals surface area contributed by atoms with Crippen molar-refractivity contribution in [1.29, 1.82) is 0 Å². The standard InChI is InChI=1S/C12H16ClN3OS/c1-14-10-3-2-9(13)11(16-10)12(17)15-8-4-6-18-7-5-8/h2-3,8H,4-7H2,1H3,(H,14,16)(H,15,17). The molecule has 0 aliphatic carbocycles. The van der Waals surface area contributed by atoms with Crippen molar-refractivity contribution in [3.05, 3.63) is 22.8 Å². The molecule has 2 rings (SSSR count). The molecule has 0 aromatic carbocycles. The number of aromatic nitrogens is 1. The second kappa shape index (κ2) is 6.29. The van der Waals surface area contributed by atoms with Gasteiger partial charge < -0.3 is 10.6 Å². The molecule has 0 spiro atoms. The van der Waals surface area contributed by atoms with E-state index < -0.39 is 0 Å². The van der Waals surface area contributed by atoms with Crippen molar-refractivity contribution in [2.45, 2.75) is 18.9 Å². The highest BCUT2D eigenvalue weighted by Crippen LogP contribution is 2.19. The summed E-state index contributed by atoms with van der Waals surface area (Å²) in [5, 5.41) is 6.29. The molecule has 1 saturated heterocycles. The molecule has 6 heteroatoms. The van der Waals surface area contributed by atoms with Crippen LogP contribution >= 0.6 is 23.4 Å². The summed E-state index contributed by atoms with van der Waals surface area (Å²) in [6.45, 7) is 0. The van der Waals surface area contributed by atoms with Crippen LogP contribution in [0.2, 0.25) is 5.02 Å². The first-order chi connectivity index (χ1) is 8.70. The van der Waals surface area contributed by atoms with Crippen LogP contribution in [0.25, 0.3) is 0 Å². The molecule has 4 nitrogen and oxygen atoms in total. The van der Waals surface area contributed by atoms with Crippen LogP contribution in [0.1, 0.15) is 23.3 Å². The Morgan fingerprint density at radius 2 is 2.17 bits per heavy atom. The fraction of sp³-hybridized carbons (Fsp3) is 0.500. The molecule has 98 valence electrons. The van der Waals surface area contributed by atoms with Crippen molar-refractivity contribution < 1.29 is 4.79 Å². The van der Waals surface area contributed by atoms with Crippen molar-refractivity contribution in [1.82, 2.24) is 10.3 Å². The fourth-order valence-electron chi connectivity index (χ4n) is 1.84. The van der Waals surface area contributed by atoms with Gasteiger partial charge in [0.1, 0.15) is 11.5 Å². The van der Waals surface area contributed by atoms with E-state index >= 15 is 0 Å². The van der Waals surface area contributed by atoms with E-state index in [-0.39, 0.29) is 11.9 Å². The van der Waals surface area contributed by atoms with Crippen molar-refractivity contribution in [3.63, 3.8) is 0 Å². The Labute approximate surface area is 116 Å². The summed E-state index contributed by atoms with van der Waals surface area (Å²) >= 11 is 7.94. The number of nitrogens with zero attached hydrogens (tertiary/aromatic N) is 1. The Kier molecular flexibility index (Phi) is 4.72. The lowest BCUT2D eigenvalue weighted by molar-refractivity contribution is 0.0930. The number of anilines is 1. The maximum absolute atomic E-state index is 12.1. The van der Waals surface area contributed by atoms with Crippen molar-refractivity contribution in [3.8, 4) is 0 Å². The monoisotopic (exact) mass is 285 g/mol. The van der Waals surface area contributed by atoms with Gasteiger partial charge >= 0.3 is 0 Å². The largest absolute Gasteiger partial charge is 0.373 e. The first-order valence-corrected chi connectivity index (χ1v) is 7.47. The number of hydrogen-bond donors (Lipinski definition) is 2. The number of carbonyl (C=O) groups is 1. The molecular weight excluding hydrogens is 270 g/mol. The van der Waals surface area contributed by atoms with Gasteiger partial charge in [-0.25, -0.2) is 4.98 Å². The molecule has 1 aliphatic rings. The Morgan fingerprint density at radius 3 is 2.83 bits per heavy atom. The third kappa shape index (κ3) is 3.29. The second-order valence-corrected chi connectivity index (χ2v) is 5.77. The Morgan fingerprint density at radius 1 is 1.44 bits per heavy atom. The minimum atomic E-state index is -0.186. The van der Waals surface area contributed by atoms with Gasteiger partial charge in [0.15, 0.2) is 0 Å². The minimum Gasteiger partial charge on any atom is -0.373 e. The summed E-state index contributed by atoms with van der Waals surface area (Å²) in [6.07, 6.45) is 2.03. The molecule has 0 atom stereocenters. The van der Waals surface area contributed by atoms with Gasteiger partial charge in [-0.05, 0) is 36.5 Å². The Bertz CT molecular complexity index is 435. The van der Waals surface area contributed by atoms with E-state index in [1.54, 1.807) is 19.2 Å². The maximum atomic E-state index is 12.1. The van der Waals surface area contributed by atoms with Crippen LogP contribution in [0, 0.1) is 0 Å². The topological polar surface area (TPSA) is 54.0 Å². The Balaban J connectivity index is 2.07. The first kappa shape index (κ1) is 13.5. The van der Waals surface area contributed by atoms with E-state index in [1.807, 2.05) is 11.8 Å². The number of pyridine rings is 1. The molecule has 1 aromatic heterocycles.